The molecule has 0 bridgehead atoms. The Morgan fingerprint density at radius 2 is 1.96 bits per heavy atom. The first-order valence-corrected chi connectivity index (χ1v) is 9.77. The quantitative estimate of drug-likeness (QED) is 0.425. The predicted molar refractivity (Wildman–Crippen MR) is 117 cm³/mol. The predicted octanol–water partition coefficient (Wildman–Crippen LogP) is 4.96. The van der Waals surface area contributed by atoms with Crippen molar-refractivity contribution in [3.8, 4) is 11.1 Å². The van der Waals surface area contributed by atoms with Crippen molar-refractivity contribution in [2.45, 2.75) is 31.7 Å². The number of hydrazone groups is 1. The van der Waals surface area contributed by atoms with Gasteiger partial charge in [0.05, 0.1) is 11.7 Å². The fourth-order valence-corrected chi connectivity index (χ4v) is 3.19. The molecule has 2 aliphatic rings. The van der Waals surface area contributed by atoms with Gasteiger partial charge in [-0.05, 0) is 54.5 Å². The van der Waals surface area contributed by atoms with Crippen LogP contribution in [-0.4, -0.2) is 35.8 Å². The molecule has 0 radical (unpaired) electrons. The van der Waals surface area contributed by atoms with E-state index in [2.05, 4.69) is 70.0 Å². The van der Waals surface area contributed by atoms with Gasteiger partial charge in [-0.25, -0.2) is 4.98 Å². The highest BCUT2D eigenvalue weighted by atomic mass is 15.5. The van der Waals surface area contributed by atoms with Crippen LogP contribution in [0.25, 0.3) is 16.7 Å². The van der Waals surface area contributed by atoms with E-state index in [-0.39, 0.29) is 0 Å². The number of aliphatic imine (C=N–C) groups is 1. The first kappa shape index (κ1) is 18.2. The highest BCUT2D eigenvalue weighted by molar-refractivity contribution is 5.81. The second-order valence-electron chi connectivity index (χ2n) is 7.01. The van der Waals surface area contributed by atoms with Crippen LogP contribution in [0, 0.1) is 0 Å². The van der Waals surface area contributed by atoms with Gasteiger partial charge in [-0.2, -0.15) is 5.10 Å². The summed E-state index contributed by atoms with van der Waals surface area (Å²) in [7, 11) is 1.76. The Morgan fingerprint density at radius 1 is 1.11 bits per heavy atom. The Bertz CT molecular complexity index is 923. The first-order valence-electron chi connectivity index (χ1n) is 9.77. The van der Waals surface area contributed by atoms with E-state index in [1.165, 1.54) is 11.1 Å². The molecular weight excluding hydrogens is 346 g/mol. The molecule has 28 heavy (non-hydrogen) atoms. The van der Waals surface area contributed by atoms with Gasteiger partial charge in [-0.3, -0.25) is 10.0 Å². The molecule has 0 amide bonds. The van der Waals surface area contributed by atoms with E-state index in [1.807, 2.05) is 11.1 Å². The van der Waals surface area contributed by atoms with Crippen molar-refractivity contribution in [2.24, 2.45) is 10.1 Å². The third-order valence-electron chi connectivity index (χ3n) is 4.78. The highest BCUT2D eigenvalue weighted by Gasteiger charge is 2.27. The van der Waals surface area contributed by atoms with Crippen molar-refractivity contribution >= 4 is 24.1 Å². The van der Waals surface area contributed by atoms with E-state index < -0.39 is 0 Å². The number of allylic oxidation sites excluding steroid dienone is 4. The lowest BCUT2D eigenvalue weighted by atomic mass is 10.00. The molecule has 142 valence electrons. The third-order valence-corrected chi connectivity index (χ3v) is 4.78. The van der Waals surface area contributed by atoms with Crippen molar-refractivity contribution in [1.29, 1.82) is 0 Å². The smallest absolute Gasteiger partial charge is 0.132 e. The van der Waals surface area contributed by atoms with Crippen LogP contribution in [0.15, 0.2) is 70.8 Å². The summed E-state index contributed by atoms with van der Waals surface area (Å²) >= 11 is 0. The summed E-state index contributed by atoms with van der Waals surface area (Å²) < 4.78 is 0. The molecule has 1 aromatic carbocycles. The Labute approximate surface area is 166 Å². The van der Waals surface area contributed by atoms with Gasteiger partial charge in [-0.15, -0.1) is 0 Å². The Balaban J connectivity index is 1.62. The van der Waals surface area contributed by atoms with Crippen LogP contribution in [0.2, 0.25) is 0 Å². The number of hydrogen-bond acceptors (Lipinski definition) is 3. The molecule has 0 spiro atoms. The molecule has 1 heterocycles. The molecule has 0 unspecified atom stereocenters. The summed E-state index contributed by atoms with van der Waals surface area (Å²) in [5.41, 5.74) is 4.45. The number of pyridine rings is 1. The fourth-order valence-electron chi connectivity index (χ4n) is 3.19. The van der Waals surface area contributed by atoms with Gasteiger partial charge >= 0.3 is 0 Å². The van der Waals surface area contributed by atoms with Crippen LogP contribution >= 0.6 is 0 Å². The van der Waals surface area contributed by atoms with Crippen LogP contribution in [0.5, 0.6) is 0 Å². The van der Waals surface area contributed by atoms with Gasteiger partial charge in [-0.1, -0.05) is 48.6 Å². The van der Waals surface area contributed by atoms with E-state index in [4.69, 9.17) is 4.98 Å². The van der Waals surface area contributed by atoms with Crippen LogP contribution < -0.4 is 5.32 Å². The third kappa shape index (κ3) is 4.55. The summed E-state index contributed by atoms with van der Waals surface area (Å²) in [6.07, 6.45) is 14.6. The Kier molecular flexibility index (Phi) is 5.61. The summed E-state index contributed by atoms with van der Waals surface area (Å²) in [4.78, 5) is 8.89. The van der Waals surface area contributed by atoms with Gasteiger partial charge in [0, 0.05) is 7.05 Å². The van der Waals surface area contributed by atoms with Crippen LogP contribution in [0.4, 0.5) is 5.82 Å². The zero-order valence-corrected chi connectivity index (χ0v) is 16.1. The Hall–Kier alpha value is -3.21. The van der Waals surface area contributed by atoms with Gasteiger partial charge < -0.3 is 5.32 Å². The van der Waals surface area contributed by atoms with E-state index >= 15 is 0 Å². The monoisotopic (exact) mass is 371 g/mol. The van der Waals surface area contributed by atoms with Crippen molar-refractivity contribution < 1.29 is 0 Å². The maximum atomic E-state index is 4.81. The lowest BCUT2D eigenvalue weighted by molar-refractivity contribution is 0.450. The van der Waals surface area contributed by atoms with Crippen molar-refractivity contribution in [3.63, 3.8) is 0 Å². The fraction of sp³-hybridized carbons (Fsp3) is 0.261. The molecule has 2 aliphatic carbocycles. The summed E-state index contributed by atoms with van der Waals surface area (Å²) in [6, 6.07) is 15.1. The SMILES string of the molecule is C/N=C\N(/N=C/Nc1cc(-c2ccccc2)cc(C2=CCCC=C2)n1)C1CC1. The van der Waals surface area contributed by atoms with Gasteiger partial charge in [0.25, 0.3) is 0 Å². The molecule has 2 aromatic rings. The van der Waals surface area contributed by atoms with E-state index in [1.54, 1.807) is 19.7 Å². The average Bonchev–Trinajstić information content (AvgIpc) is 3.60. The average molecular weight is 371 g/mol. The molecule has 0 aliphatic heterocycles. The second-order valence-corrected chi connectivity index (χ2v) is 7.01. The molecule has 1 fully saturated rings. The molecule has 1 aromatic heterocycles. The normalized spacial score (nSPS) is 16.5. The zero-order chi connectivity index (χ0) is 19.2. The second kappa shape index (κ2) is 8.65. The van der Waals surface area contributed by atoms with Crippen molar-refractivity contribution in [2.75, 3.05) is 12.4 Å². The number of aromatic nitrogens is 1. The number of nitrogens with zero attached hydrogens (tertiary/aromatic N) is 4. The maximum Gasteiger partial charge on any atom is 0.132 e. The number of rotatable bonds is 7. The van der Waals surface area contributed by atoms with Crippen molar-refractivity contribution in [3.05, 3.63) is 66.4 Å². The molecule has 0 saturated heterocycles. The standard InChI is InChI=1S/C23H25N5/c1-24-17-28(21-12-13-21)26-16-25-23-15-20(18-8-4-2-5-9-18)14-22(27-23)19-10-6-3-7-11-19/h2,4-6,8-11,14-17,21H,3,7,12-13H2,1H3,(H,25,26,27)/b24-17-. The molecule has 5 nitrogen and oxygen atoms in total. The van der Waals surface area contributed by atoms with Gasteiger partial charge in [0.2, 0.25) is 0 Å². The number of benzene rings is 1. The van der Waals surface area contributed by atoms with Crippen LogP contribution in [-0.2, 0) is 0 Å². The zero-order valence-electron chi connectivity index (χ0n) is 16.1. The van der Waals surface area contributed by atoms with Crippen molar-refractivity contribution in [1.82, 2.24) is 9.99 Å². The topological polar surface area (TPSA) is 52.9 Å². The summed E-state index contributed by atoms with van der Waals surface area (Å²) in [5, 5.41) is 9.65. The minimum absolute atomic E-state index is 0.471. The number of nitrogens with one attached hydrogen (secondary N) is 1. The maximum absolute atomic E-state index is 4.81. The Morgan fingerprint density at radius 3 is 2.68 bits per heavy atom. The summed E-state index contributed by atoms with van der Waals surface area (Å²) in [6.45, 7) is 0. The summed E-state index contributed by atoms with van der Waals surface area (Å²) in [5.74, 6) is 0.782. The highest BCUT2D eigenvalue weighted by Crippen LogP contribution is 2.28. The largest absolute Gasteiger partial charge is 0.330 e. The molecule has 0 atom stereocenters. The molecule has 4 rings (SSSR count). The number of anilines is 1. The number of hydrogen-bond donors (Lipinski definition) is 1. The lowest BCUT2D eigenvalue weighted by Gasteiger charge is -2.13. The van der Waals surface area contributed by atoms with E-state index in [0.717, 1.165) is 42.8 Å². The molecule has 1 saturated carbocycles. The minimum atomic E-state index is 0.471. The van der Waals surface area contributed by atoms with Gasteiger partial charge in [0.1, 0.15) is 18.5 Å². The van der Waals surface area contributed by atoms with E-state index in [9.17, 15) is 0 Å². The molecule has 5 heteroatoms. The van der Waals surface area contributed by atoms with E-state index in [0.29, 0.717) is 6.04 Å². The molecule has 1 N–H and O–H groups in total. The van der Waals surface area contributed by atoms with Crippen LogP contribution in [0.3, 0.4) is 0 Å². The lowest BCUT2D eigenvalue weighted by Crippen LogP contribution is -2.19. The van der Waals surface area contributed by atoms with Gasteiger partial charge in [0.15, 0.2) is 0 Å². The first-order chi connectivity index (χ1) is 13.8. The molecular formula is C23H25N5. The minimum Gasteiger partial charge on any atom is -0.330 e. The van der Waals surface area contributed by atoms with Crippen LogP contribution in [0.1, 0.15) is 31.4 Å².